The van der Waals surface area contributed by atoms with Gasteiger partial charge in [-0.15, -0.1) is 0 Å². The molecule has 0 atom stereocenters. The van der Waals surface area contributed by atoms with Crippen molar-refractivity contribution in [3.8, 4) is 0 Å². The highest BCUT2D eigenvalue weighted by molar-refractivity contribution is 4.74. The highest BCUT2D eigenvalue weighted by atomic mass is 15.2. The molecule has 0 unspecified atom stereocenters. The molecule has 0 saturated carbocycles. The Hall–Kier alpha value is -0.0800. The first-order valence-electron chi connectivity index (χ1n) is 4.05. The molecule has 0 spiro atoms. The first kappa shape index (κ1) is 10.9. The number of hydrogen-bond acceptors (Lipinski definition) is 2. The van der Waals surface area contributed by atoms with Crippen LogP contribution in [0, 0.1) is 0 Å². The lowest BCUT2D eigenvalue weighted by Gasteiger charge is -2.32. The molecule has 0 amide bonds. The van der Waals surface area contributed by atoms with Crippen LogP contribution in [0.4, 0.5) is 0 Å². The lowest BCUT2D eigenvalue weighted by molar-refractivity contribution is 0.166. The molecule has 0 bridgehead atoms. The van der Waals surface area contributed by atoms with Gasteiger partial charge in [0.2, 0.25) is 0 Å². The molecule has 2 heteroatoms. The Balaban J connectivity index is 0.000001000. The van der Waals surface area contributed by atoms with E-state index in [1.54, 1.807) is 0 Å². The van der Waals surface area contributed by atoms with Crippen molar-refractivity contribution in [2.75, 3.05) is 34.2 Å². The summed E-state index contributed by atoms with van der Waals surface area (Å²) in [6.45, 7) is 2.53. The highest BCUT2D eigenvalue weighted by Crippen LogP contribution is 2.11. The van der Waals surface area contributed by atoms with E-state index in [0.29, 0.717) is 0 Å². The van der Waals surface area contributed by atoms with Gasteiger partial charge in [0, 0.05) is 6.04 Å². The van der Waals surface area contributed by atoms with Gasteiger partial charge in [-0.2, -0.15) is 0 Å². The Kier molecular flexibility index (Phi) is 4.69. The third-order valence-electron chi connectivity index (χ3n) is 2.42. The van der Waals surface area contributed by atoms with Crippen LogP contribution in [0.2, 0.25) is 0 Å². The Morgan fingerprint density at radius 3 is 2.00 bits per heavy atom. The average Bonchev–Trinajstić information content (AvgIpc) is 1.88. The minimum atomic E-state index is 0. The zero-order valence-corrected chi connectivity index (χ0v) is 7.30. The van der Waals surface area contributed by atoms with Crippen molar-refractivity contribution in [2.24, 2.45) is 0 Å². The third-order valence-corrected chi connectivity index (χ3v) is 2.42. The Morgan fingerprint density at radius 1 is 1.18 bits per heavy atom. The van der Waals surface area contributed by atoms with Gasteiger partial charge in [0.25, 0.3) is 0 Å². The number of piperidine rings is 1. The summed E-state index contributed by atoms with van der Waals surface area (Å²) < 4.78 is 0. The maximum Gasteiger partial charge on any atom is 0.0113 e. The maximum absolute atomic E-state index is 2.40. The van der Waals surface area contributed by atoms with E-state index in [-0.39, 0.29) is 7.43 Å². The molecule has 0 aromatic rings. The first-order valence-corrected chi connectivity index (χ1v) is 4.05. The van der Waals surface area contributed by atoms with Crippen molar-refractivity contribution < 1.29 is 0 Å². The Bertz CT molecular complexity index is 93.7. The van der Waals surface area contributed by atoms with Gasteiger partial charge in [-0.05, 0) is 47.1 Å². The molecule has 0 aromatic heterocycles. The van der Waals surface area contributed by atoms with Crippen LogP contribution in [0.1, 0.15) is 20.3 Å². The molecule has 2 nitrogen and oxygen atoms in total. The molecule has 68 valence electrons. The molecule has 0 aromatic carbocycles. The van der Waals surface area contributed by atoms with Gasteiger partial charge < -0.3 is 9.80 Å². The second-order valence-corrected chi connectivity index (χ2v) is 3.50. The summed E-state index contributed by atoms with van der Waals surface area (Å²) in [5.74, 6) is 0. The molecule has 1 rings (SSSR count). The molecule has 1 aliphatic heterocycles. The fraction of sp³-hybridized carbons (Fsp3) is 1.00. The first-order chi connectivity index (χ1) is 4.70. The smallest absolute Gasteiger partial charge is 0.0113 e. The van der Waals surface area contributed by atoms with Crippen LogP contribution in [0.3, 0.4) is 0 Å². The van der Waals surface area contributed by atoms with E-state index < -0.39 is 0 Å². The normalized spacial score (nSPS) is 21.8. The van der Waals surface area contributed by atoms with Gasteiger partial charge in [0.15, 0.2) is 0 Å². The minimum absolute atomic E-state index is 0. The van der Waals surface area contributed by atoms with Crippen LogP contribution in [0.5, 0.6) is 0 Å². The van der Waals surface area contributed by atoms with Gasteiger partial charge >= 0.3 is 0 Å². The summed E-state index contributed by atoms with van der Waals surface area (Å²) in [6, 6.07) is 0.830. The highest BCUT2D eigenvalue weighted by Gasteiger charge is 2.17. The summed E-state index contributed by atoms with van der Waals surface area (Å²) in [5, 5.41) is 0. The van der Waals surface area contributed by atoms with Crippen LogP contribution < -0.4 is 0 Å². The number of nitrogens with zero attached hydrogens (tertiary/aromatic N) is 2. The average molecular weight is 158 g/mol. The summed E-state index contributed by atoms with van der Waals surface area (Å²) in [6.07, 6.45) is 2.67. The van der Waals surface area contributed by atoms with E-state index in [1.807, 2.05) is 0 Å². The van der Waals surface area contributed by atoms with Crippen LogP contribution >= 0.6 is 0 Å². The fourth-order valence-corrected chi connectivity index (χ4v) is 1.51. The molecule has 0 N–H and O–H groups in total. The Morgan fingerprint density at radius 2 is 1.64 bits per heavy atom. The van der Waals surface area contributed by atoms with Crippen LogP contribution in [-0.2, 0) is 0 Å². The molecule has 0 radical (unpaired) electrons. The maximum atomic E-state index is 2.40. The van der Waals surface area contributed by atoms with Crippen LogP contribution in [0.25, 0.3) is 0 Å². The minimum Gasteiger partial charge on any atom is -0.306 e. The molecular weight excluding hydrogens is 136 g/mol. The molecule has 1 heterocycles. The van der Waals surface area contributed by atoms with E-state index >= 15 is 0 Å². The molecule has 1 saturated heterocycles. The lowest BCUT2D eigenvalue weighted by Crippen LogP contribution is -2.40. The summed E-state index contributed by atoms with van der Waals surface area (Å²) >= 11 is 0. The van der Waals surface area contributed by atoms with E-state index in [1.165, 1.54) is 25.9 Å². The molecule has 11 heavy (non-hydrogen) atoms. The SMILES string of the molecule is C.CN1CCC(N(C)C)CC1. The van der Waals surface area contributed by atoms with Gasteiger partial charge in [-0.1, -0.05) is 7.43 Å². The second kappa shape index (κ2) is 4.73. The van der Waals surface area contributed by atoms with Gasteiger partial charge in [-0.25, -0.2) is 0 Å². The van der Waals surface area contributed by atoms with Gasteiger partial charge in [0.1, 0.15) is 0 Å². The fourth-order valence-electron chi connectivity index (χ4n) is 1.51. The second-order valence-electron chi connectivity index (χ2n) is 3.50. The lowest BCUT2D eigenvalue weighted by atomic mass is 10.1. The monoisotopic (exact) mass is 158 g/mol. The molecule has 0 aliphatic carbocycles. The van der Waals surface area contributed by atoms with Crippen molar-refractivity contribution in [3.63, 3.8) is 0 Å². The van der Waals surface area contributed by atoms with Gasteiger partial charge in [-0.3, -0.25) is 0 Å². The topological polar surface area (TPSA) is 6.48 Å². The van der Waals surface area contributed by atoms with E-state index in [9.17, 15) is 0 Å². The molecular formula is C9H22N2. The summed E-state index contributed by atoms with van der Waals surface area (Å²) in [4.78, 5) is 4.74. The zero-order chi connectivity index (χ0) is 7.56. The van der Waals surface area contributed by atoms with Crippen molar-refractivity contribution in [1.82, 2.24) is 9.80 Å². The van der Waals surface area contributed by atoms with Gasteiger partial charge in [0.05, 0.1) is 0 Å². The van der Waals surface area contributed by atoms with Crippen molar-refractivity contribution >= 4 is 0 Å². The van der Waals surface area contributed by atoms with Crippen molar-refractivity contribution in [3.05, 3.63) is 0 Å². The number of rotatable bonds is 1. The molecule has 1 fully saturated rings. The number of hydrogen-bond donors (Lipinski definition) is 0. The van der Waals surface area contributed by atoms with E-state index in [2.05, 4.69) is 30.9 Å². The quantitative estimate of drug-likeness (QED) is 0.567. The molecule has 1 aliphatic rings. The van der Waals surface area contributed by atoms with E-state index in [0.717, 1.165) is 6.04 Å². The zero-order valence-electron chi connectivity index (χ0n) is 7.30. The predicted octanol–water partition coefficient (Wildman–Crippen LogP) is 1.28. The predicted molar refractivity (Wildman–Crippen MR) is 50.9 cm³/mol. The van der Waals surface area contributed by atoms with Crippen LogP contribution in [-0.4, -0.2) is 50.1 Å². The van der Waals surface area contributed by atoms with Crippen LogP contribution in [0.15, 0.2) is 0 Å². The summed E-state index contributed by atoms with van der Waals surface area (Å²) in [5.41, 5.74) is 0. The largest absolute Gasteiger partial charge is 0.306 e. The van der Waals surface area contributed by atoms with E-state index in [4.69, 9.17) is 0 Å². The third kappa shape index (κ3) is 3.21. The summed E-state index contributed by atoms with van der Waals surface area (Å²) in [7, 11) is 6.55. The standard InChI is InChI=1S/C8H18N2.CH4/c1-9(2)8-4-6-10(3)7-5-8;/h8H,4-7H2,1-3H3;1H4. The number of likely N-dealkylation sites (tertiary alicyclic amines) is 1. The van der Waals surface area contributed by atoms with Crippen molar-refractivity contribution in [1.29, 1.82) is 0 Å². The van der Waals surface area contributed by atoms with Crippen molar-refractivity contribution in [2.45, 2.75) is 26.3 Å². The Labute approximate surface area is 71.2 Å².